The molecule has 1 aromatic carbocycles. The van der Waals surface area contributed by atoms with Gasteiger partial charge in [-0.1, -0.05) is 18.7 Å². The minimum Gasteiger partial charge on any atom is -0.405 e. The predicted molar refractivity (Wildman–Crippen MR) is 80.1 cm³/mol. The molecule has 0 atom stereocenters. The first kappa shape index (κ1) is 13.8. The van der Waals surface area contributed by atoms with E-state index in [1.165, 1.54) is 18.3 Å². The van der Waals surface area contributed by atoms with Crippen molar-refractivity contribution in [1.29, 1.82) is 0 Å². The van der Waals surface area contributed by atoms with Crippen molar-refractivity contribution in [3.05, 3.63) is 72.8 Å². The van der Waals surface area contributed by atoms with Gasteiger partial charge in [0, 0.05) is 24.4 Å². The van der Waals surface area contributed by atoms with Crippen LogP contribution in [0.2, 0.25) is 0 Å². The van der Waals surface area contributed by atoms with E-state index in [1.54, 1.807) is 29.0 Å². The highest BCUT2D eigenvalue weighted by Gasteiger charge is 2.12. The van der Waals surface area contributed by atoms with Crippen LogP contribution in [-0.4, -0.2) is 9.78 Å². The molecule has 0 amide bonds. The van der Waals surface area contributed by atoms with Crippen molar-refractivity contribution in [2.75, 3.05) is 0 Å². The molecule has 2 N–H and O–H groups in total. The molecule has 102 valence electrons. The number of benzene rings is 1. The van der Waals surface area contributed by atoms with Crippen LogP contribution in [0.15, 0.2) is 61.5 Å². The molecule has 0 unspecified atom stereocenters. The lowest BCUT2D eigenvalue weighted by molar-refractivity contribution is 0.628. The number of allylic oxidation sites excluding steroid dienone is 4. The largest absolute Gasteiger partial charge is 0.405 e. The summed E-state index contributed by atoms with van der Waals surface area (Å²) in [7, 11) is 1.84. The van der Waals surface area contributed by atoms with Crippen LogP contribution in [0.5, 0.6) is 0 Å². The summed E-state index contributed by atoms with van der Waals surface area (Å²) in [4.78, 5) is 0. The Morgan fingerprint density at radius 1 is 1.35 bits per heavy atom. The zero-order chi connectivity index (χ0) is 14.5. The number of nitrogens with zero attached hydrogens (tertiary/aromatic N) is 2. The van der Waals surface area contributed by atoms with Crippen molar-refractivity contribution < 1.29 is 4.39 Å². The number of aromatic nitrogens is 2. The molecule has 0 spiro atoms. The highest BCUT2D eigenvalue weighted by molar-refractivity contribution is 5.84. The van der Waals surface area contributed by atoms with Gasteiger partial charge >= 0.3 is 0 Å². The first-order valence-corrected chi connectivity index (χ1v) is 6.16. The van der Waals surface area contributed by atoms with Gasteiger partial charge in [-0.05, 0) is 42.1 Å². The fourth-order valence-electron chi connectivity index (χ4n) is 1.99. The van der Waals surface area contributed by atoms with E-state index in [9.17, 15) is 4.39 Å². The van der Waals surface area contributed by atoms with E-state index in [-0.39, 0.29) is 5.82 Å². The summed E-state index contributed by atoms with van der Waals surface area (Å²) >= 11 is 0. The summed E-state index contributed by atoms with van der Waals surface area (Å²) in [5.74, 6) is -0.269. The lowest BCUT2D eigenvalue weighted by Crippen LogP contribution is -1.88. The Morgan fingerprint density at radius 3 is 2.65 bits per heavy atom. The Morgan fingerprint density at radius 2 is 2.05 bits per heavy atom. The minimum atomic E-state index is -0.269. The Hall–Kier alpha value is -2.62. The molecule has 1 heterocycles. The Balaban J connectivity index is 2.57. The molecule has 0 radical (unpaired) electrons. The van der Waals surface area contributed by atoms with Gasteiger partial charge in [0.2, 0.25) is 0 Å². The predicted octanol–water partition coefficient (Wildman–Crippen LogP) is 3.27. The molecule has 0 aliphatic heterocycles. The van der Waals surface area contributed by atoms with Gasteiger partial charge in [0.1, 0.15) is 11.5 Å². The van der Waals surface area contributed by atoms with E-state index in [0.717, 1.165) is 22.4 Å². The molecule has 2 aromatic rings. The standard InChI is InChI=1S/C16H16FN3/c1-3-4-12(9-10-18)15-11-20(2)19-16(15)13-5-7-14(17)8-6-13/h3-11H,1,18H2,2H3/b10-9-,12-4+. The summed E-state index contributed by atoms with van der Waals surface area (Å²) in [5.41, 5.74) is 8.92. The smallest absolute Gasteiger partial charge is 0.123 e. The van der Waals surface area contributed by atoms with Crippen LogP contribution in [0, 0.1) is 5.82 Å². The van der Waals surface area contributed by atoms with Crippen LogP contribution >= 0.6 is 0 Å². The maximum absolute atomic E-state index is 13.0. The average Bonchev–Trinajstić information content (AvgIpc) is 2.81. The number of halogens is 1. The Labute approximate surface area is 117 Å². The molecule has 0 saturated carbocycles. The summed E-state index contributed by atoms with van der Waals surface area (Å²) in [6.45, 7) is 3.70. The Kier molecular flexibility index (Phi) is 4.15. The molecule has 2 rings (SSSR count). The molecule has 0 aliphatic rings. The number of nitrogens with two attached hydrogens (primary N) is 1. The van der Waals surface area contributed by atoms with Gasteiger partial charge in [0.25, 0.3) is 0 Å². The normalized spacial score (nSPS) is 12.0. The highest BCUT2D eigenvalue weighted by Crippen LogP contribution is 2.28. The first-order valence-electron chi connectivity index (χ1n) is 6.16. The van der Waals surface area contributed by atoms with Crippen LogP contribution in [0.3, 0.4) is 0 Å². The second-order valence-corrected chi connectivity index (χ2v) is 4.29. The number of hydrogen-bond donors (Lipinski definition) is 1. The SMILES string of the molecule is C=C/C=C(\C=C/N)c1cn(C)nc1-c1ccc(F)cc1. The monoisotopic (exact) mass is 269 g/mol. The molecule has 0 bridgehead atoms. The number of hydrogen-bond acceptors (Lipinski definition) is 2. The lowest BCUT2D eigenvalue weighted by Gasteiger charge is -2.03. The molecule has 0 saturated heterocycles. The highest BCUT2D eigenvalue weighted by atomic mass is 19.1. The van der Waals surface area contributed by atoms with Gasteiger partial charge in [-0.2, -0.15) is 5.10 Å². The number of aryl methyl sites for hydroxylation is 1. The topological polar surface area (TPSA) is 43.8 Å². The fraction of sp³-hybridized carbons (Fsp3) is 0.0625. The van der Waals surface area contributed by atoms with Crippen molar-refractivity contribution in [2.24, 2.45) is 12.8 Å². The quantitative estimate of drug-likeness (QED) is 0.866. The van der Waals surface area contributed by atoms with E-state index in [1.807, 2.05) is 19.3 Å². The van der Waals surface area contributed by atoms with E-state index < -0.39 is 0 Å². The van der Waals surface area contributed by atoms with Gasteiger partial charge in [-0.25, -0.2) is 4.39 Å². The van der Waals surface area contributed by atoms with Crippen molar-refractivity contribution in [3.8, 4) is 11.3 Å². The van der Waals surface area contributed by atoms with E-state index in [0.29, 0.717) is 0 Å². The fourth-order valence-corrected chi connectivity index (χ4v) is 1.99. The van der Waals surface area contributed by atoms with Crippen molar-refractivity contribution in [1.82, 2.24) is 9.78 Å². The van der Waals surface area contributed by atoms with Crippen molar-refractivity contribution in [2.45, 2.75) is 0 Å². The van der Waals surface area contributed by atoms with Crippen molar-refractivity contribution in [3.63, 3.8) is 0 Å². The van der Waals surface area contributed by atoms with Crippen LogP contribution in [0.1, 0.15) is 5.56 Å². The molecule has 1 aromatic heterocycles. The lowest BCUT2D eigenvalue weighted by atomic mass is 10.0. The van der Waals surface area contributed by atoms with E-state index >= 15 is 0 Å². The molecule has 3 nitrogen and oxygen atoms in total. The van der Waals surface area contributed by atoms with Crippen LogP contribution in [-0.2, 0) is 7.05 Å². The molecule has 4 heteroatoms. The van der Waals surface area contributed by atoms with Crippen LogP contribution < -0.4 is 5.73 Å². The third kappa shape index (κ3) is 2.85. The molecule has 0 aliphatic carbocycles. The third-order valence-electron chi connectivity index (χ3n) is 2.83. The Bertz CT molecular complexity index is 664. The van der Waals surface area contributed by atoms with E-state index in [2.05, 4.69) is 11.7 Å². The van der Waals surface area contributed by atoms with Gasteiger partial charge in [-0.3, -0.25) is 4.68 Å². The minimum absolute atomic E-state index is 0.269. The summed E-state index contributed by atoms with van der Waals surface area (Å²) < 4.78 is 14.7. The van der Waals surface area contributed by atoms with Crippen molar-refractivity contribution >= 4 is 5.57 Å². The van der Waals surface area contributed by atoms with Gasteiger partial charge in [0.05, 0.1) is 0 Å². The molecular weight excluding hydrogens is 253 g/mol. The molecule has 0 fully saturated rings. The van der Waals surface area contributed by atoms with Gasteiger partial charge < -0.3 is 5.73 Å². The summed E-state index contributed by atoms with van der Waals surface area (Å²) in [6, 6.07) is 6.25. The zero-order valence-electron chi connectivity index (χ0n) is 11.3. The third-order valence-corrected chi connectivity index (χ3v) is 2.83. The van der Waals surface area contributed by atoms with Gasteiger partial charge in [-0.15, -0.1) is 0 Å². The molecule has 20 heavy (non-hydrogen) atoms. The first-order chi connectivity index (χ1) is 9.65. The second kappa shape index (κ2) is 6.02. The second-order valence-electron chi connectivity index (χ2n) is 4.29. The van der Waals surface area contributed by atoms with Crippen LogP contribution in [0.4, 0.5) is 4.39 Å². The average molecular weight is 269 g/mol. The summed E-state index contributed by atoms with van der Waals surface area (Å²) in [5, 5.41) is 4.44. The molecular formula is C16H16FN3. The van der Waals surface area contributed by atoms with E-state index in [4.69, 9.17) is 5.73 Å². The maximum atomic E-state index is 13.0. The summed E-state index contributed by atoms with van der Waals surface area (Å²) in [6.07, 6.45) is 8.70. The zero-order valence-corrected chi connectivity index (χ0v) is 11.3. The maximum Gasteiger partial charge on any atom is 0.123 e. The van der Waals surface area contributed by atoms with Crippen LogP contribution in [0.25, 0.3) is 16.8 Å². The number of rotatable bonds is 4. The van der Waals surface area contributed by atoms with Gasteiger partial charge in [0.15, 0.2) is 0 Å².